The molecule has 0 spiro atoms. The van der Waals surface area contributed by atoms with Gasteiger partial charge < -0.3 is 10.6 Å². The molecule has 4 amide bonds. The number of nitrogens with two attached hydrogens (primary N) is 1. The molecular formula is C24H24N4O4. The average molecular weight is 432 g/mol. The smallest absolute Gasteiger partial charge is 0.262 e. The van der Waals surface area contributed by atoms with Gasteiger partial charge in [0.1, 0.15) is 6.04 Å². The van der Waals surface area contributed by atoms with Gasteiger partial charge in [-0.25, -0.2) is 0 Å². The molecule has 2 aromatic rings. The first kappa shape index (κ1) is 20.4. The molecule has 3 N–H and O–H groups in total. The van der Waals surface area contributed by atoms with Crippen molar-refractivity contribution in [2.75, 3.05) is 4.90 Å². The molecule has 0 radical (unpaired) electrons. The van der Waals surface area contributed by atoms with Gasteiger partial charge in [-0.1, -0.05) is 24.3 Å². The van der Waals surface area contributed by atoms with Crippen LogP contribution >= 0.6 is 0 Å². The molecule has 3 aliphatic heterocycles. The van der Waals surface area contributed by atoms with Gasteiger partial charge in [0, 0.05) is 18.7 Å². The van der Waals surface area contributed by atoms with Crippen LogP contribution in [0.2, 0.25) is 0 Å². The molecule has 0 saturated carbocycles. The fourth-order valence-corrected chi connectivity index (χ4v) is 4.94. The molecule has 1 fully saturated rings. The highest BCUT2D eigenvalue weighted by molar-refractivity contribution is 6.23. The van der Waals surface area contributed by atoms with E-state index in [1.54, 1.807) is 12.1 Å². The van der Waals surface area contributed by atoms with Crippen molar-refractivity contribution in [3.8, 4) is 0 Å². The van der Waals surface area contributed by atoms with Gasteiger partial charge in [-0.3, -0.25) is 29.4 Å². The number of amides is 4. The van der Waals surface area contributed by atoms with Crippen LogP contribution in [-0.4, -0.2) is 40.1 Å². The second-order valence-electron chi connectivity index (χ2n) is 9.10. The van der Waals surface area contributed by atoms with E-state index in [9.17, 15) is 19.2 Å². The second kappa shape index (κ2) is 7.00. The van der Waals surface area contributed by atoms with E-state index in [0.717, 1.165) is 21.7 Å². The molecule has 0 aromatic heterocycles. The molecule has 164 valence electrons. The topological polar surface area (TPSA) is 113 Å². The number of hydrogen-bond donors (Lipinski definition) is 2. The number of rotatable bonds is 3. The standard InChI is InChI=1S/C24H24N4O4/c1-24(2)20(25)15-5-3-4-6-17(15)27(24)12-13-7-8-14-16(11-13)23(32)28(22(14)31)18-9-10-19(29)26-21(18)30/h3-8,11,18,20H,9-10,12,25H2,1-2H3,(H,26,29,30). The summed E-state index contributed by atoms with van der Waals surface area (Å²) in [5, 5.41) is 2.21. The number of nitrogens with one attached hydrogen (secondary N) is 1. The lowest BCUT2D eigenvalue weighted by Gasteiger charge is -2.37. The minimum atomic E-state index is -0.967. The van der Waals surface area contributed by atoms with Crippen molar-refractivity contribution in [3.05, 3.63) is 64.7 Å². The van der Waals surface area contributed by atoms with E-state index in [2.05, 4.69) is 24.1 Å². The number of imide groups is 2. The maximum absolute atomic E-state index is 13.1. The van der Waals surface area contributed by atoms with Crippen molar-refractivity contribution < 1.29 is 19.2 Å². The molecule has 0 bridgehead atoms. The first-order chi connectivity index (χ1) is 15.2. The third-order valence-corrected chi connectivity index (χ3v) is 6.86. The van der Waals surface area contributed by atoms with Gasteiger partial charge in [0.15, 0.2) is 0 Å². The Hall–Kier alpha value is -3.52. The van der Waals surface area contributed by atoms with Gasteiger partial charge in [-0.2, -0.15) is 0 Å². The number of anilines is 1. The third kappa shape index (κ3) is 2.86. The number of benzene rings is 2. The molecular weight excluding hydrogens is 408 g/mol. The number of fused-ring (bicyclic) bond motifs is 2. The maximum atomic E-state index is 13.1. The summed E-state index contributed by atoms with van der Waals surface area (Å²) in [4.78, 5) is 52.9. The molecule has 2 atom stereocenters. The summed E-state index contributed by atoms with van der Waals surface area (Å²) in [5.41, 5.74) is 9.74. The Bertz CT molecular complexity index is 1190. The van der Waals surface area contributed by atoms with E-state index in [1.165, 1.54) is 0 Å². The van der Waals surface area contributed by atoms with E-state index in [0.29, 0.717) is 6.54 Å². The Labute approximate surface area is 185 Å². The van der Waals surface area contributed by atoms with Crippen LogP contribution in [-0.2, 0) is 16.1 Å². The van der Waals surface area contributed by atoms with Crippen LogP contribution in [0.1, 0.15) is 64.6 Å². The van der Waals surface area contributed by atoms with Gasteiger partial charge in [0.05, 0.1) is 22.7 Å². The molecule has 3 aliphatic rings. The second-order valence-corrected chi connectivity index (χ2v) is 9.10. The van der Waals surface area contributed by atoms with Crippen molar-refractivity contribution in [2.24, 2.45) is 5.73 Å². The minimum Gasteiger partial charge on any atom is -0.360 e. The molecule has 8 nitrogen and oxygen atoms in total. The first-order valence-corrected chi connectivity index (χ1v) is 10.7. The SMILES string of the molecule is CC1(C)C(N)c2ccccc2N1Cc1ccc2c(c1)C(=O)N(C1CCC(=O)NC1=O)C2=O. The zero-order valence-corrected chi connectivity index (χ0v) is 17.9. The summed E-state index contributed by atoms with van der Waals surface area (Å²) in [6.45, 7) is 4.69. The summed E-state index contributed by atoms with van der Waals surface area (Å²) in [6, 6.07) is 12.1. The Morgan fingerprint density at radius 1 is 1.03 bits per heavy atom. The van der Waals surface area contributed by atoms with Gasteiger partial charge in [-0.05, 0) is 49.6 Å². The fourth-order valence-electron chi connectivity index (χ4n) is 4.94. The molecule has 5 rings (SSSR count). The molecule has 1 saturated heterocycles. The summed E-state index contributed by atoms with van der Waals surface area (Å²) >= 11 is 0. The normalized spacial score (nSPS) is 24.0. The van der Waals surface area contributed by atoms with Crippen molar-refractivity contribution in [1.29, 1.82) is 0 Å². The number of carbonyl (C=O) groups excluding carboxylic acids is 4. The molecule has 8 heteroatoms. The lowest BCUT2D eigenvalue weighted by Crippen LogP contribution is -2.54. The highest BCUT2D eigenvalue weighted by Gasteiger charge is 2.45. The first-order valence-electron chi connectivity index (χ1n) is 10.7. The van der Waals surface area contributed by atoms with Crippen LogP contribution in [0, 0.1) is 0 Å². The van der Waals surface area contributed by atoms with E-state index in [4.69, 9.17) is 5.73 Å². The zero-order valence-electron chi connectivity index (χ0n) is 17.9. The van der Waals surface area contributed by atoms with Gasteiger partial charge in [-0.15, -0.1) is 0 Å². The lowest BCUT2D eigenvalue weighted by atomic mass is 9.93. The summed E-state index contributed by atoms with van der Waals surface area (Å²) in [5.74, 6) is -2.00. The predicted octanol–water partition coefficient (Wildman–Crippen LogP) is 1.89. The monoisotopic (exact) mass is 432 g/mol. The number of carbonyl (C=O) groups is 4. The van der Waals surface area contributed by atoms with Gasteiger partial charge in [0.2, 0.25) is 11.8 Å². The van der Waals surface area contributed by atoms with Gasteiger partial charge in [0.25, 0.3) is 11.8 Å². The number of hydrogen-bond acceptors (Lipinski definition) is 6. The van der Waals surface area contributed by atoms with Crippen LogP contribution in [0.3, 0.4) is 0 Å². The lowest BCUT2D eigenvalue weighted by molar-refractivity contribution is -0.136. The van der Waals surface area contributed by atoms with Crippen LogP contribution in [0.4, 0.5) is 5.69 Å². The Balaban J connectivity index is 1.45. The Morgan fingerprint density at radius 3 is 2.50 bits per heavy atom. The maximum Gasteiger partial charge on any atom is 0.262 e. The molecule has 2 unspecified atom stereocenters. The number of para-hydroxylation sites is 1. The molecule has 0 aliphatic carbocycles. The van der Waals surface area contributed by atoms with Crippen molar-refractivity contribution in [1.82, 2.24) is 10.2 Å². The average Bonchev–Trinajstić information content (AvgIpc) is 3.11. The molecule has 3 heterocycles. The van der Waals surface area contributed by atoms with E-state index in [-0.39, 0.29) is 35.5 Å². The van der Waals surface area contributed by atoms with Crippen molar-refractivity contribution in [3.63, 3.8) is 0 Å². The zero-order chi connectivity index (χ0) is 22.8. The highest BCUT2D eigenvalue weighted by atomic mass is 16.2. The predicted molar refractivity (Wildman–Crippen MR) is 117 cm³/mol. The van der Waals surface area contributed by atoms with Crippen LogP contribution in [0.5, 0.6) is 0 Å². The van der Waals surface area contributed by atoms with Crippen molar-refractivity contribution in [2.45, 2.75) is 50.9 Å². The largest absolute Gasteiger partial charge is 0.360 e. The van der Waals surface area contributed by atoms with Crippen LogP contribution < -0.4 is 16.0 Å². The fraction of sp³-hybridized carbons (Fsp3) is 0.333. The Morgan fingerprint density at radius 2 is 1.75 bits per heavy atom. The third-order valence-electron chi connectivity index (χ3n) is 6.86. The number of nitrogens with zero attached hydrogens (tertiary/aromatic N) is 2. The van der Waals surface area contributed by atoms with E-state index >= 15 is 0 Å². The molecule has 32 heavy (non-hydrogen) atoms. The highest BCUT2D eigenvalue weighted by Crippen LogP contribution is 2.45. The quantitative estimate of drug-likeness (QED) is 0.716. The summed E-state index contributed by atoms with van der Waals surface area (Å²) in [7, 11) is 0. The van der Waals surface area contributed by atoms with Gasteiger partial charge >= 0.3 is 0 Å². The Kier molecular flexibility index (Phi) is 4.46. The molecule has 2 aromatic carbocycles. The van der Waals surface area contributed by atoms with Crippen LogP contribution in [0.15, 0.2) is 42.5 Å². The summed E-state index contributed by atoms with van der Waals surface area (Å²) < 4.78 is 0. The number of piperidine rings is 1. The van der Waals surface area contributed by atoms with E-state index < -0.39 is 29.7 Å². The van der Waals surface area contributed by atoms with E-state index in [1.807, 2.05) is 30.3 Å². The van der Waals surface area contributed by atoms with Crippen LogP contribution in [0.25, 0.3) is 0 Å². The summed E-state index contributed by atoms with van der Waals surface area (Å²) in [6.07, 6.45) is 0.235. The van der Waals surface area contributed by atoms with Crippen molar-refractivity contribution >= 4 is 29.3 Å². The minimum absolute atomic E-state index is 0.0960.